The number of alkyl halides is 5. The number of ether oxygens (including phenoxy) is 2. The van der Waals surface area contributed by atoms with Crippen molar-refractivity contribution in [1.29, 1.82) is 0 Å². The summed E-state index contributed by atoms with van der Waals surface area (Å²) >= 11 is 0. The summed E-state index contributed by atoms with van der Waals surface area (Å²) < 4.78 is 69.7. The molecule has 128 valence electrons. The van der Waals surface area contributed by atoms with Gasteiger partial charge in [-0.3, -0.25) is 4.79 Å². The number of nitrogens with one attached hydrogen (secondary N) is 1. The van der Waals surface area contributed by atoms with E-state index in [9.17, 15) is 26.7 Å². The van der Waals surface area contributed by atoms with Gasteiger partial charge in [0.25, 0.3) is 0 Å². The van der Waals surface area contributed by atoms with Crippen LogP contribution in [0.1, 0.15) is 12.5 Å². The maximum atomic E-state index is 12.2. The second-order valence-corrected chi connectivity index (χ2v) is 4.18. The van der Waals surface area contributed by atoms with Gasteiger partial charge in [0.15, 0.2) is 11.5 Å². The van der Waals surface area contributed by atoms with Crippen molar-refractivity contribution in [3.8, 4) is 11.5 Å². The Morgan fingerprint density at radius 2 is 2.00 bits per heavy atom. The first-order valence-electron chi connectivity index (χ1n) is 6.45. The number of benzene rings is 1. The van der Waals surface area contributed by atoms with Crippen molar-refractivity contribution in [3.05, 3.63) is 29.8 Å². The first-order valence-corrected chi connectivity index (χ1v) is 6.45. The van der Waals surface area contributed by atoms with Crippen LogP contribution in [-0.2, 0) is 4.79 Å². The minimum absolute atomic E-state index is 0.0330. The molecule has 1 amide bonds. The summed E-state index contributed by atoms with van der Waals surface area (Å²) in [5.74, 6) is -1.08. The number of carbonyl (C=O) groups is 1. The van der Waals surface area contributed by atoms with E-state index in [0.717, 1.165) is 6.08 Å². The van der Waals surface area contributed by atoms with Crippen LogP contribution in [0.15, 0.2) is 24.3 Å². The first kappa shape index (κ1) is 18.7. The van der Waals surface area contributed by atoms with E-state index in [-0.39, 0.29) is 18.1 Å². The van der Waals surface area contributed by atoms with Crippen molar-refractivity contribution in [2.24, 2.45) is 0 Å². The summed E-state index contributed by atoms with van der Waals surface area (Å²) in [5, 5.41) is 1.66. The van der Waals surface area contributed by atoms with Gasteiger partial charge in [0.05, 0.1) is 6.61 Å². The van der Waals surface area contributed by atoms with Gasteiger partial charge in [-0.25, -0.2) is 0 Å². The molecule has 0 bridgehead atoms. The standard InChI is InChI=1S/C14H14F5NO3/c1-2-22-11-7-9(3-5-10(11)23-13(15)16)4-6-12(21)20-8-14(17,18)19/h3-7,13H,2,8H2,1H3,(H,20,21). The highest BCUT2D eigenvalue weighted by molar-refractivity contribution is 5.91. The van der Waals surface area contributed by atoms with Gasteiger partial charge < -0.3 is 14.8 Å². The van der Waals surface area contributed by atoms with Crippen molar-refractivity contribution in [2.45, 2.75) is 19.7 Å². The molecule has 0 fully saturated rings. The monoisotopic (exact) mass is 339 g/mol. The third kappa shape index (κ3) is 7.48. The summed E-state index contributed by atoms with van der Waals surface area (Å²) in [5.41, 5.74) is 0.372. The van der Waals surface area contributed by atoms with Crippen LogP contribution < -0.4 is 14.8 Å². The summed E-state index contributed by atoms with van der Waals surface area (Å²) in [6.07, 6.45) is -2.38. The fraction of sp³-hybridized carbons (Fsp3) is 0.357. The Hall–Kier alpha value is -2.32. The van der Waals surface area contributed by atoms with E-state index in [1.54, 1.807) is 12.2 Å². The lowest BCUT2D eigenvalue weighted by atomic mass is 10.2. The fourth-order valence-electron chi connectivity index (χ4n) is 1.51. The zero-order valence-corrected chi connectivity index (χ0v) is 12.0. The molecule has 0 unspecified atom stereocenters. The average molecular weight is 339 g/mol. The highest BCUT2D eigenvalue weighted by Crippen LogP contribution is 2.30. The van der Waals surface area contributed by atoms with Crippen molar-refractivity contribution < 1.29 is 36.2 Å². The van der Waals surface area contributed by atoms with E-state index in [0.29, 0.717) is 5.56 Å². The van der Waals surface area contributed by atoms with Gasteiger partial charge in [0, 0.05) is 6.08 Å². The molecule has 0 atom stereocenters. The first-order chi connectivity index (χ1) is 10.7. The van der Waals surface area contributed by atoms with Gasteiger partial charge in [-0.15, -0.1) is 0 Å². The predicted octanol–water partition coefficient (Wildman–Crippen LogP) is 3.38. The molecule has 1 aromatic carbocycles. The lowest BCUT2D eigenvalue weighted by Gasteiger charge is -2.11. The van der Waals surface area contributed by atoms with Crippen LogP contribution in [0.5, 0.6) is 11.5 Å². The second kappa shape index (κ2) is 8.35. The molecule has 0 aliphatic carbocycles. The highest BCUT2D eigenvalue weighted by atomic mass is 19.4. The molecule has 1 aromatic rings. The number of amides is 1. The molecular formula is C14H14F5NO3. The van der Waals surface area contributed by atoms with E-state index < -0.39 is 25.2 Å². The molecule has 9 heteroatoms. The highest BCUT2D eigenvalue weighted by Gasteiger charge is 2.27. The smallest absolute Gasteiger partial charge is 0.405 e. The molecular weight excluding hydrogens is 325 g/mol. The minimum atomic E-state index is -4.50. The SMILES string of the molecule is CCOc1cc(C=CC(=O)NCC(F)(F)F)ccc1OC(F)F. The fourth-order valence-corrected chi connectivity index (χ4v) is 1.51. The topological polar surface area (TPSA) is 47.6 Å². The molecule has 1 rings (SSSR count). The maximum Gasteiger partial charge on any atom is 0.405 e. The zero-order valence-electron chi connectivity index (χ0n) is 12.0. The van der Waals surface area contributed by atoms with Gasteiger partial charge in [0.2, 0.25) is 5.91 Å². The van der Waals surface area contributed by atoms with Crippen molar-refractivity contribution in [1.82, 2.24) is 5.32 Å². The number of carbonyl (C=O) groups excluding carboxylic acids is 1. The Morgan fingerprint density at radius 1 is 1.30 bits per heavy atom. The molecule has 23 heavy (non-hydrogen) atoms. The Bertz CT molecular complexity index is 558. The lowest BCUT2D eigenvalue weighted by Crippen LogP contribution is -2.32. The van der Waals surface area contributed by atoms with E-state index in [2.05, 4.69) is 4.74 Å². The summed E-state index contributed by atoms with van der Waals surface area (Å²) in [6, 6.07) is 3.90. The molecule has 0 heterocycles. The van der Waals surface area contributed by atoms with Crippen LogP contribution >= 0.6 is 0 Å². The molecule has 0 radical (unpaired) electrons. The zero-order chi connectivity index (χ0) is 17.5. The Labute approximate surface area is 128 Å². The lowest BCUT2D eigenvalue weighted by molar-refractivity contribution is -0.135. The number of rotatable bonds is 7. The third-order valence-electron chi connectivity index (χ3n) is 2.37. The Balaban J connectivity index is 2.78. The van der Waals surface area contributed by atoms with E-state index in [1.807, 2.05) is 0 Å². The van der Waals surface area contributed by atoms with E-state index >= 15 is 0 Å². The molecule has 0 saturated carbocycles. The third-order valence-corrected chi connectivity index (χ3v) is 2.37. The molecule has 4 nitrogen and oxygen atoms in total. The number of halogens is 5. The molecule has 0 saturated heterocycles. The number of hydrogen-bond donors (Lipinski definition) is 1. The van der Waals surface area contributed by atoms with Crippen molar-refractivity contribution in [2.75, 3.05) is 13.2 Å². The summed E-state index contributed by atoms with van der Waals surface area (Å²) in [6.45, 7) is -2.64. The predicted molar refractivity (Wildman–Crippen MR) is 72.3 cm³/mol. The van der Waals surface area contributed by atoms with Gasteiger partial charge >= 0.3 is 12.8 Å². The van der Waals surface area contributed by atoms with Gasteiger partial charge in [0.1, 0.15) is 6.54 Å². The van der Waals surface area contributed by atoms with Crippen LogP contribution in [0.25, 0.3) is 6.08 Å². The van der Waals surface area contributed by atoms with Crippen LogP contribution in [0.3, 0.4) is 0 Å². The van der Waals surface area contributed by atoms with Crippen LogP contribution in [0, 0.1) is 0 Å². The second-order valence-electron chi connectivity index (χ2n) is 4.18. The van der Waals surface area contributed by atoms with Crippen LogP contribution in [0.4, 0.5) is 22.0 Å². The maximum absolute atomic E-state index is 12.2. The number of hydrogen-bond acceptors (Lipinski definition) is 3. The minimum Gasteiger partial charge on any atom is -0.490 e. The summed E-state index contributed by atoms with van der Waals surface area (Å²) in [7, 11) is 0. The molecule has 1 N–H and O–H groups in total. The van der Waals surface area contributed by atoms with Gasteiger partial charge in [-0.2, -0.15) is 22.0 Å². The molecule has 0 aromatic heterocycles. The Morgan fingerprint density at radius 3 is 2.57 bits per heavy atom. The van der Waals surface area contributed by atoms with E-state index in [1.165, 1.54) is 24.3 Å². The van der Waals surface area contributed by atoms with Crippen molar-refractivity contribution >= 4 is 12.0 Å². The molecule has 0 aliphatic rings. The van der Waals surface area contributed by atoms with Gasteiger partial charge in [-0.1, -0.05) is 6.07 Å². The average Bonchev–Trinajstić information content (AvgIpc) is 2.44. The molecule has 0 aliphatic heterocycles. The molecule has 0 spiro atoms. The van der Waals surface area contributed by atoms with Crippen LogP contribution in [-0.4, -0.2) is 31.8 Å². The quantitative estimate of drug-likeness (QED) is 0.612. The summed E-state index contributed by atoms with van der Waals surface area (Å²) in [4.78, 5) is 11.2. The largest absolute Gasteiger partial charge is 0.490 e. The van der Waals surface area contributed by atoms with Gasteiger partial charge in [-0.05, 0) is 30.7 Å². The van der Waals surface area contributed by atoms with Crippen molar-refractivity contribution in [3.63, 3.8) is 0 Å². The van der Waals surface area contributed by atoms with Crippen LogP contribution in [0.2, 0.25) is 0 Å². The Kier molecular flexibility index (Phi) is 6.80. The van der Waals surface area contributed by atoms with E-state index in [4.69, 9.17) is 4.74 Å². The normalized spacial score (nSPS) is 11.8.